The molecule has 0 unspecified atom stereocenters. The molecule has 0 fully saturated rings. The summed E-state index contributed by atoms with van der Waals surface area (Å²) in [7, 11) is 0. The Morgan fingerprint density at radius 3 is 0.685 bits per heavy atom. The van der Waals surface area contributed by atoms with Crippen LogP contribution in [-0.4, -0.2) is 17.7 Å². The van der Waals surface area contributed by atoms with Crippen LogP contribution in [0.25, 0.3) is 4.38 Å². The zero-order valence-electron chi connectivity index (χ0n) is 34.5. The number of rotatable bonds is 4. The molecule has 0 saturated heterocycles. The number of hydrogen-bond acceptors (Lipinski definition) is 2. The van der Waals surface area contributed by atoms with Crippen LogP contribution in [0.2, 0.25) is 0 Å². The molecule has 54 heavy (non-hydrogen) atoms. The molecule has 6 heteroatoms. The van der Waals surface area contributed by atoms with Crippen LogP contribution in [0.1, 0.15) is 69.5 Å². The van der Waals surface area contributed by atoms with Crippen molar-refractivity contribution in [2.45, 2.75) is 83.1 Å². The molecule has 0 radical (unpaired) electrons. The van der Waals surface area contributed by atoms with Crippen molar-refractivity contribution in [2.75, 3.05) is 11.5 Å². The first-order valence-electron chi connectivity index (χ1n) is 18.4. The van der Waals surface area contributed by atoms with E-state index >= 15 is 0 Å². The molecule has 0 aromatic heterocycles. The third kappa shape index (κ3) is 13.2. The second-order valence-corrected chi connectivity index (χ2v) is 14.5. The van der Waals surface area contributed by atoms with E-state index in [4.69, 9.17) is 4.38 Å². The van der Waals surface area contributed by atoms with E-state index in [-0.39, 0.29) is 17.1 Å². The molecule has 0 aliphatic rings. The molecule has 294 valence electrons. The van der Waals surface area contributed by atoms with Crippen LogP contribution in [-0.2, 0) is 58.1 Å². The molecule has 0 atom stereocenters. The first-order chi connectivity index (χ1) is 25.4. The molecule has 0 saturated carbocycles. The molecule has 6 rings (SSSR count). The topological polar surface area (TPSA) is 22.3 Å². The maximum atomic E-state index is 6.75. The Hall–Kier alpha value is -2.82. The largest absolute Gasteiger partial charge is 0.195 e. The molecule has 6 aromatic carbocycles. The summed E-state index contributed by atoms with van der Waals surface area (Å²) in [5.74, 6) is 1.67. The number of hydrogen-bond donors (Lipinski definition) is 0. The molecule has 0 aliphatic heterocycles. The first-order valence-corrected chi connectivity index (χ1v) is 20.1. The summed E-state index contributed by atoms with van der Waals surface area (Å²) in [6.07, 6.45) is -1.22. The summed E-state index contributed by atoms with van der Waals surface area (Å²) in [6, 6.07) is 43.5. The van der Waals surface area contributed by atoms with Gasteiger partial charge in [-0.15, -0.1) is 0 Å². The molecular formula is C48H60BFe2NS2-6. The van der Waals surface area contributed by atoms with Gasteiger partial charge in [0, 0.05) is 17.1 Å². The summed E-state index contributed by atoms with van der Waals surface area (Å²) in [5, 5.41) is 0. The zero-order chi connectivity index (χ0) is 40.1. The number of nitrogens with zero attached hydrogens (tertiary/aromatic N) is 1. The van der Waals surface area contributed by atoms with E-state index in [9.17, 15) is 0 Å². The summed E-state index contributed by atoms with van der Waals surface area (Å²) >= 11 is 11.0. The monoisotopic (exact) mass is 837 g/mol. The van der Waals surface area contributed by atoms with Crippen molar-refractivity contribution in [3.8, 4) is 0 Å². The van der Waals surface area contributed by atoms with Crippen LogP contribution in [0.5, 0.6) is 0 Å². The maximum absolute atomic E-state index is 6.75. The smallest absolute Gasteiger partial charge is 0.108 e. The van der Waals surface area contributed by atoms with E-state index in [0.717, 1.165) is 11.5 Å². The molecule has 0 amide bonds. The minimum atomic E-state index is -1.22. The van der Waals surface area contributed by atoms with Gasteiger partial charge in [0.05, 0.1) is 0 Å². The van der Waals surface area contributed by atoms with E-state index in [2.05, 4.69) is 232 Å². The van der Waals surface area contributed by atoms with Gasteiger partial charge in [0.1, 0.15) is 6.15 Å². The third-order valence-corrected chi connectivity index (χ3v) is 10.8. The SMILES string of the molecule is CC[S-].CC[S-].Cc1c(C)c(C)[c-](C)c1C.Cc1c(C)c(C)[c-](C)c1C.[Fe].[N-]=[Fe].c1ccc([B-](c2ccccc2)(c2ccccc2)c2ccccc2)cc1. The Labute approximate surface area is 359 Å². The van der Waals surface area contributed by atoms with Gasteiger partial charge in [-0.3, -0.25) is 0 Å². The molecule has 0 spiro atoms. The van der Waals surface area contributed by atoms with Crippen molar-refractivity contribution < 1.29 is 32.9 Å². The van der Waals surface area contributed by atoms with Crippen molar-refractivity contribution in [2.24, 2.45) is 0 Å². The summed E-state index contributed by atoms with van der Waals surface area (Å²) in [6.45, 7) is 25.9. The Bertz CT molecular complexity index is 1500. The van der Waals surface area contributed by atoms with Gasteiger partial charge in [0.15, 0.2) is 0 Å². The average Bonchev–Trinajstić information content (AvgIpc) is 3.47. The Kier molecular flexibility index (Phi) is 25.5. The predicted octanol–water partition coefficient (Wildman–Crippen LogP) is 10.3. The second-order valence-electron chi connectivity index (χ2n) is 13.3. The summed E-state index contributed by atoms with van der Waals surface area (Å²) in [4.78, 5) is 0. The van der Waals surface area contributed by atoms with Gasteiger partial charge < -0.3 is 25.3 Å². The van der Waals surface area contributed by atoms with Crippen LogP contribution < -0.4 is 21.9 Å². The van der Waals surface area contributed by atoms with E-state index in [1.54, 1.807) is 0 Å². The third-order valence-electron chi connectivity index (χ3n) is 10.8. The molecular weight excluding hydrogens is 777 g/mol. The normalized spacial score (nSPS) is 9.83. The fourth-order valence-electron chi connectivity index (χ4n) is 6.93. The number of benzene rings is 4. The van der Waals surface area contributed by atoms with Crippen LogP contribution in [0.3, 0.4) is 0 Å². The predicted molar refractivity (Wildman–Crippen MR) is 241 cm³/mol. The minimum Gasteiger partial charge on any atom is -0.195 e. The Morgan fingerprint density at radius 1 is 0.426 bits per heavy atom. The second kappa shape index (κ2) is 26.9. The molecule has 0 heterocycles. The molecule has 0 bridgehead atoms. The van der Waals surface area contributed by atoms with E-state index < -0.39 is 6.15 Å². The quantitative estimate of drug-likeness (QED) is 0.100. The van der Waals surface area contributed by atoms with Gasteiger partial charge in [0.25, 0.3) is 0 Å². The van der Waals surface area contributed by atoms with Gasteiger partial charge in [0.2, 0.25) is 0 Å². The van der Waals surface area contributed by atoms with Crippen LogP contribution in [0.15, 0.2) is 121 Å². The van der Waals surface area contributed by atoms with Crippen LogP contribution in [0.4, 0.5) is 0 Å². The van der Waals surface area contributed by atoms with Crippen molar-refractivity contribution in [3.63, 3.8) is 0 Å². The van der Waals surface area contributed by atoms with Gasteiger partial charge in [-0.05, 0) is 0 Å². The van der Waals surface area contributed by atoms with Gasteiger partial charge in [-0.25, -0.2) is 0 Å². The van der Waals surface area contributed by atoms with Crippen LogP contribution >= 0.6 is 0 Å². The fourth-order valence-corrected chi connectivity index (χ4v) is 6.93. The van der Waals surface area contributed by atoms with Crippen molar-refractivity contribution in [1.82, 2.24) is 0 Å². The van der Waals surface area contributed by atoms with Crippen LogP contribution in [0, 0.1) is 69.2 Å². The van der Waals surface area contributed by atoms with Crippen molar-refractivity contribution in [1.29, 1.82) is 0 Å². The Morgan fingerprint density at radius 2 is 0.574 bits per heavy atom. The molecule has 0 N–H and O–H groups in total. The average molecular weight is 838 g/mol. The molecule has 1 nitrogen and oxygen atoms in total. The Balaban J connectivity index is 0.000000804. The van der Waals surface area contributed by atoms with Crippen molar-refractivity contribution >= 4 is 53.3 Å². The zero-order valence-corrected chi connectivity index (χ0v) is 38.4. The van der Waals surface area contributed by atoms with Crippen molar-refractivity contribution in [3.05, 3.63) is 181 Å². The van der Waals surface area contributed by atoms with Gasteiger partial charge in [-0.1, -0.05) is 204 Å². The maximum Gasteiger partial charge on any atom is 0.108 e. The fraction of sp³-hybridized carbons (Fsp3) is 0.292. The minimum absolute atomic E-state index is 0. The molecule has 6 aromatic rings. The van der Waals surface area contributed by atoms with E-state index in [0.29, 0.717) is 0 Å². The van der Waals surface area contributed by atoms with E-state index in [1.807, 2.05) is 13.8 Å². The standard InChI is InChI=1S/C24H20B.2C10H15.2C2H6S.2Fe.N/c1-5-13-21(14-6-1)25(22-15-7-2-8-16-22,23-17-9-3-10-18-23)24-19-11-4-12-20-24;2*1-6-7(2)9(4)10(5)8(6)3;2*1-2-3;;;/h1-20H;2*1-5H3;2*3H,2H2,1H3;;;/q3*-1;;;;;-1/p-2. The van der Waals surface area contributed by atoms with Gasteiger partial charge >= 0.3 is 20.2 Å². The van der Waals surface area contributed by atoms with E-state index in [1.165, 1.54) is 77.5 Å². The summed E-state index contributed by atoms with van der Waals surface area (Å²) < 4.78 is 6.75. The molecule has 0 aliphatic carbocycles. The van der Waals surface area contributed by atoms with Gasteiger partial charge in [-0.2, -0.15) is 89.0 Å². The first kappa shape index (κ1) is 51.2. The summed E-state index contributed by atoms with van der Waals surface area (Å²) in [5.41, 5.74) is 20.0.